The zero-order valence-electron chi connectivity index (χ0n) is 5.77. The molecule has 2 aromatic rings. The molecule has 0 aliphatic carbocycles. The second kappa shape index (κ2) is 1.76. The Morgan fingerprint density at radius 1 is 1.33 bits per heavy atom. The first-order chi connectivity index (χ1) is 5.61. The number of fused-ring (bicyclic) bond motifs is 1. The van der Waals surface area contributed by atoms with Crippen molar-refractivity contribution in [1.82, 2.24) is 4.73 Å². The van der Waals surface area contributed by atoms with Gasteiger partial charge in [0, 0.05) is 0 Å². The molecular formula is C5H5N3O4. The number of aromatic nitrogens is 1. The number of oxazole rings is 1. The van der Waals surface area contributed by atoms with Gasteiger partial charge in [0.15, 0.2) is 0 Å². The van der Waals surface area contributed by atoms with Crippen molar-refractivity contribution in [2.75, 3.05) is 11.5 Å². The quantitative estimate of drug-likeness (QED) is 0.463. The van der Waals surface area contributed by atoms with Crippen molar-refractivity contribution in [2.24, 2.45) is 0 Å². The number of anilines is 2. The Morgan fingerprint density at radius 2 is 2.00 bits per heavy atom. The van der Waals surface area contributed by atoms with E-state index in [1.54, 1.807) is 0 Å². The number of rotatable bonds is 0. The maximum Gasteiger partial charge on any atom is 0.456 e. The average Bonchev–Trinajstić information content (AvgIpc) is 2.43. The summed E-state index contributed by atoms with van der Waals surface area (Å²) in [4.78, 5) is 10.7. The Hall–Kier alpha value is -2.05. The molecule has 12 heavy (non-hydrogen) atoms. The van der Waals surface area contributed by atoms with E-state index in [1.165, 1.54) is 0 Å². The Morgan fingerprint density at radius 3 is 2.58 bits per heavy atom. The molecule has 0 fully saturated rings. The number of nitrogens with two attached hydrogens (primary N) is 2. The highest BCUT2D eigenvalue weighted by Gasteiger charge is 2.18. The van der Waals surface area contributed by atoms with E-state index in [1.807, 2.05) is 0 Å². The minimum absolute atomic E-state index is 0.00917. The molecule has 2 rings (SSSR count). The fourth-order valence-electron chi connectivity index (χ4n) is 0.884. The highest BCUT2D eigenvalue weighted by Crippen LogP contribution is 2.28. The average molecular weight is 171 g/mol. The van der Waals surface area contributed by atoms with E-state index in [-0.39, 0.29) is 27.6 Å². The lowest BCUT2D eigenvalue weighted by atomic mass is 10.5. The Bertz CT molecular complexity index is 490. The number of hydrogen-bond donors (Lipinski definition) is 3. The van der Waals surface area contributed by atoms with Crippen LogP contribution >= 0.6 is 0 Å². The molecule has 64 valence electrons. The second-order valence-electron chi connectivity index (χ2n) is 2.19. The molecule has 0 aliphatic heterocycles. The van der Waals surface area contributed by atoms with Gasteiger partial charge in [0.05, 0.1) is 0 Å². The van der Waals surface area contributed by atoms with Crippen molar-refractivity contribution in [3.05, 3.63) is 10.6 Å². The van der Waals surface area contributed by atoms with Crippen molar-refractivity contribution in [3.63, 3.8) is 0 Å². The molecule has 0 aromatic carbocycles. The Balaban J connectivity index is 3.03. The van der Waals surface area contributed by atoms with Gasteiger partial charge in [0.1, 0.15) is 5.69 Å². The van der Waals surface area contributed by atoms with Gasteiger partial charge in [-0.1, -0.05) is 4.73 Å². The van der Waals surface area contributed by atoms with Crippen molar-refractivity contribution < 1.29 is 14.0 Å². The van der Waals surface area contributed by atoms with Crippen LogP contribution in [0.1, 0.15) is 0 Å². The van der Waals surface area contributed by atoms with Crippen LogP contribution in [0.3, 0.4) is 0 Å². The standard InChI is InChI=1S/C5H5N3O4/c6-1-2-4(12-3(1)7)8(10)5(9)11-2/h10H,6-7H2. The highest BCUT2D eigenvalue weighted by molar-refractivity contribution is 5.88. The molecular weight excluding hydrogens is 166 g/mol. The lowest BCUT2D eigenvalue weighted by Gasteiger charge is -1.84. The largest absolute Gasteiger partial charge is 0.456 e. The summed E-state index contributed by atoms with van der Waals surface area (Å²) in [6, 6.07) is 0. The lowest BCUT2D eigenvalue weighted by Crippen LogP contribution is -2.09. The molecule has 0 unspecified atom stereocenters. The Kier molecular flexibility index (Phi) is 0.972. The molecule has 0 saturated carbocycles. The van der Waals surface area contributed by atoms with Crippen LogP contribution in [0.4, 0.5) is 11.6 Å². The molecule has 0 saturated heterocycles. The van der Waals surface area contributed by atoms with E-state index in [9.17, 15) is 4.79 Å². The maximum absolute atomic E-state index is 10.7. The summed E-state index contributed by atoms with van der Waals surface area (Å²) in [7, 11) is 0. The minimum atomic E-state index is -0.963. The smallest absolute Gasteiger partial charge is 0.420 e. The molecule has 7 nitrogen and oxygen atoms in total. The van der Waals surface area contributed by atoms with Crippen LogP contribution in [0, 0.1) is 0 Å². The third-order valence-electron chi connectivity index (χ3n) is 1.47. The van der Waals surface area contributed by atoms with Gasteiger partial charge in [-0.05, 0) is 0 Å². The molecule has 0 radical (unpaired) electrons. The molecule has 0 aliphatic rings. The molecule has 0 atom stereocenters. The summed E-state index contributed by atoms with van der Waals surface area (Å²) in [5.41, 5.74) is 10.4. The predicted molar refractivity (Wildman–Crippen MR) is 38.7 cm³/mol. The first kappa shape index (κ1) is 6.65. The SMILES string of the molecule is Nc1oc2c(oc(=O)n2O)c1N. The van der Waals surface area contributed by atoms with Crippen LogP contribution in [0.5, 0.6) is 0 Å². The van der Waals surface area contributed by atoms with Crippen LogP contribution in [-0.4, -0.2) is 9.94 Å². The maximum atomic E-state index is 10.7. The summed E-state index contributed by atoms with van der Waals surface area (Å²) in [5.74, 6) is -1.05. The van der Waals surface area contributed by atoms with Crippen LogP contribution in [0.15, 0.2) is 13.6 Å². The second-order valence-corrected chi connectivity index (χ2v) is 2.19. The summed E-state index contributed by atoms with van der Waals surface area (Å²) in [5, 5.41) is 8.94. The van der Waals surface area contributed by atoms with E-state index in [0.717, 1.165) is 0 Å². The van der Waals surface area contributed by atoms with Gasteiger partial charge in [-0.25, -0.2) is 4.79 Å². The van der Waals surface area contributed by atoms with Crippen molar-refractivity contribution in [1.29, 1.82) is 0 Å². The number of nitrogens with zero attached hydrogens (tertiary/aromatic N) is 1. The lowest BCUT2D eigenvalue weighted by molar-refractivity contribution is 0.162. The third-order valence-corrected chi connectivity index (χ3v) is 1.47. The molecule has 2 aromatic heterocycles. The first-order valence-corrected chi connectivity index (χ1v) is 3.00. The van der Waals surface area contributed by atoms with E-state index in [2.05, 4.69) is 4.42 Å². The minimum Gasteiger partial charge on any atom is -0.420 e. The summed E-state index contributed by atoms with van der Waals surface area (Å²) in [6.07, 6.45) is 0. The fourth-order valence-corrected chi connectivity index (χ4v) is 0.884. The summed E-state index contributed by atoms with van der Waals surface area (Å²) >= 11 is 0. The van der Waals surface area contributed by atoms with Crippen molar-refractivity contribution >= 4 is 22.9 Å². The molecule has 0 amide bonds. The van der Waals surface area contributed by atoms with Gasteiger partial charge < -0.3 is 25.5 Å². The van der Waals surface area contributed by atoms with Crippen LogP contribution in [0.2, 0.25) is 0 Å². The fraction of sp³-hybridized carbons (Fsp3) is 0. The predicted octanol–water partition coefficient (Wildman–Crippen LogP) is -0.411. The van der Waals surface area contributed by atoms with Gasteiger partial charge in [0.25, 0.3) is 5.71 Å². The van der Waals surface area contributed by atoms with E-state index < -0.39 is 5.76 Å². The third kappa shape index (κ3) is 0.570. The zero-order valence-corrected chi connectivity index (χ0v) is 5.77. The molecule has 0 spiro atoms. The van der Waals surface area contributed by atoms with Crippen LogP contribution in [0.25, 0.3) is 11.3 Å². The van der Waals surface area contributed by atoms with Crippen LogP contribution in [-0.2, 0) is 0 Å². The molecule has 5 N–H and O–H groups in total. The zero-order chi connectivity index (χ0) is 8.88. The van der Waals surface area contributed by atoms with E-state index >= 15 is 0 Å². The molecule has 7 heteroatoms. The molecule has 0 bridgehead atoms. The summed E-state index contributed by atoms with van der Waals surface area (Å²) < 4.78 is 9.43. The van der Waals surface area contributed by atoms with Gasteiger partial charge in [-0.2, -0.15) is 0 Å². The topological polar surface area (TPSA) is 121 Å². The molecule has 2 heterocycles. The van der Waals surface area contributed by atoms with Gasteiger partial charge in [-0.3, -0.25) is 0 Å². The van der Waals surface area contributed by atoms with E-state index in [0.29, 0.717) is 0 Å². The van der Waals surface area contributed by atoms with Crippen molar-refractivity contribution in [3.8, 4) is 0 Å². The highest BCUT2D eigenvalue weighted by atomic mass is 16.6. The number of furan rings is 1. The summed E-state index contributed by atoms with van der Waals surface area (Å²) in [6.45, 7) is 0. The van der Waals surface area contributed by atoms with Gasteiger partial charge in [-0.15, -0.1) is 0 Å². The normalized spacial score (nSPS) is 11.0. The van der Waals surface area contributed by atoms with Gasteiger partial charge >= 0.3 is 5.76 Å². The number of hydrogen-bond acceptors (Lipinski definition) is 6. The number of nitrogen functional groups attached to an aromatic ring is 2. The van der Waals surface area contributed by atoms with Crippen molar-refractivity contribution in [2.45, 2.75) is 0 Å². The van der Waals surface area contributed by atoms with Crippen LogP contribution < -0.4 is 17.2 Å². The monoisotopic (exact) mass is 171 g/mol. The van der Waals surface area contributed by atoms with Gasteiger partial charge in [0.2, 0.25) is 11.5 Å². The first-order valence-electron chi connectivity index (χ1n) is 3.00. The van der Waals surface area contributed by atoms with E-state index in [4.69, 9.17) is 21.1 Å². The Labute approximate surface area is 64.7 Å².